The summed E-state index contributed by atoms with van der Waals surface area (Å²) in [5.74, 6) is 0.792. The van der Waals surface area contributed by atoms with Crippen LogP contribution in [0.2, 0.25) is 5.02 Å². The van der Waals surface area contributed by atoms with Crippen LogP contribution in [0, 0.1) is 0 Å². The first-order valence-electron chi connectivity index (χ1n) is 12.3. The lowest BCUT2D eigenvalue weighted by Crippen LogP contribution is -2.52. The number of hydrogen-bond acceptors (Lipinski definition) is 7. The molecule has 1 heterocycles. The van der Waals surface area contributed by atoms with Crippen molar-refractivity contribution in [3.63, 3.8) is 0 Å². The topological polar surface area (TPSA) is 111 Å². The Kier molecular flexibility index (Phi) is 8.60. The molecule has 2 aromatic carbocycles. The van der Waals surface area contributed by atoms with E-state index in [1.807, 2.05) is 6.92 Å². The third kappa shape index (κ3) is 6.19. The van der Waals surface area contributed by atoms with Crippen molar-refractivity contribution in [2.75, 3.05) is 19.1 Å². The van der Waals surface area contributed by atoms with Crippen molar-refractivity contribution in [1.29, 1.82) is 0 Å². The maximum atomic E-state index is 13.7. The van der Waals surface area contributed by atoms with Gasteiger partial charge in [0, 0.05) is 28.4 Å². The van der Waals surface area contributed by atoms with E-state index in [2.05, 4.69) is 20.7 Å². The predicted molar refractivity (Wildman–Crippen MR) is 140 cm³/mol. The number of rotatable bonds is 10. The molecule has 10 nitrogen and oxygen atoms in total. The highest BCUT2D eigenvalue weighted by molar-refractivity contribution is 6.30. The highest BCUT2D eigenvalue weighted by atomic mass is 35.5. The smallest absolute Gasteiger partial charge is 0.251 e. The first kappa shape index (κ1) is 26.4. The third-order valence-corrected chi connectivity index (χ3v) is 6.70. The van der Waals surface area contributed by atoms with Crippen LogP contribution in [0.25, 0.3) is 11.4 Å². The second-order valence-electron chi connectivity index (χ2n) is 8.87. The Labute approximate surface area is 220 Å². The van der Waals surface area contributed by atoms with Gasteiger partial charge in [-0.25, -0.2) is 0 Å². The highest BCUT2D eigenvalue weighted by Crippen LogP contribution is 2.33. The number of nitrogens with one attached hydrogen (secondary N) is 1. The van der Waals surface area contributed by atoms with Crippen LogP contribution in [0.3, 0.4) is 0 Å². The molecule has 4 rings (SSSR count). The van der Waals surface area contributed by atoms with Crippen molar-refractivity contribution in [2.45, 2.75) is 57.7 Å². The summed E-state index contributed by atoms with van der Waals surface area (Å²) in [6.07, 6.45) is 4.49. The van der Waals surface area contributed by atoms with Crippen LogP contribution < -0.4 is 19.7 Å². The van der Waals surface area contributed by atoms with E-state index in [-0.39, 0.29) is 24.4 Å². The van der Waals surface area contributed by atoms with Crippen molar-refractivity contribution in [3.05, 3.63) is 47.5 Å². The fourth-order valence-electron chi connectivity index (χ4n) is 4.55. The molecule has 0 aliphatic heterocycles. The number of methoxy groups -OCH3 is 2. The number of carbonyl (C=O) groups excluding carboxylic acids is 2. The van der Waals surface area contributed by atoms with Crippen LogP contribution in [0.5, 0.6) is 11.5 Å². The van der Waals surface area contributed by atoms with Gasteiger partial charge in [-0.1, -0.05) is 31.4 Å². The number of hydrogen-bond donors (Lipinski definition) is 1. The summed E-state index contributed by atoms with van der Waals surface area (Å²) in [6, 6.07) is 11.6. The Morgan fingerprint density at radius 3 is 2.46 bits per heavy atom. The van der Waals surface area contributed by atoms with Crippen molar-refractivity contribution in [2.24, 2.45) is 0 Å². The number of benzene rings is 2. The van der Waals surface area contributed by atoms with Crippen molar-refractivity contribution in [1.82, 2.24) is 25.5 Å². The molecule has 1 aliphatic rings. The summed E-state index contributed by atoms with van der Waals surface area (Å²) >= 11 is 5.97. The number of nitrogens with zero attached hydrogens (tertiary/aromatic N) is 5. The van der Waals surface area contributed by atoms with E-state index in [0.717, 1.165) is 31.2 Å². The molecule has 1 aliphatic carbocycles. The molecule has 37 heavy (non-hydrogen) atoms. The highest BCUT2D eigenvalue weighted by Gasteiger charge is 2.32. The zero-order valence-corrected chi connectivity index (χ0v) is 21.9. The normalized spacial score (nSPS) is 14.3. The minimum atomic E-state index is -0.731. The van der Waals surface area contributed by atoms with Gasteiger partial charge in [0.1, 0.15) is 12.6 Å². The predicted octanol–water partition coefficient (Wildman–Crippen LogP) is 3.88. The Bertz CT molecular complexity index is 1230. The standard InChI is InChI=1S/C26H31ClN6O4/c1-4-21(26(35)28-19-7-5-6-8-19)33(20-13-14-22(36-2)23(15-20)37-3)24(34)16-32-30-25(29-31-32)17-9-11-18(27)12-10-17/h9-15,19,21H,4-8,16H2,1-3H3,(H,28,35)/t21-/m1/s1. The van der Waals surface area contributed by atoms with Crippen molar-refractivity contribution < 1.29 is 19.1 Å². The number of amides is 2. The Balaban J connectivity index is 1.62. The average molecular weight is 527 g/mol. The molecule has 0 bridgehead atoms. The molecule has 196 valence electrons. The number of tetrazole rings is 1. The van der Waals surface area contributed by atoms with Gasteiger partial charge in [0.2, 0.25) is 11.7 Å². The number of ether oxygens (including phenoxy) is 2. The molecule has 0 radical (unpaired) electrons. The van der Waals surface area contributed by atoms with E-state index in [1.54, 1.807) is 49.6 Å². The molecule has 3 aromatic rings. The molecule has 1 fully saturated rings. The zero-order chi connectivity index (χ0) is 26.4. The number of halogens is 1. The van der Waals surface area contributed by atoms with E-state index >= 15 is 0 Å². The monoisotopic (exact) mass is 526 g/mol. The summed E-state index contributed by atoms with van der Waals surface area (Å²) in [5.41, 5.74) is 1.23. The largest absolute Gasteiger partial charge is 0.493 e. The summed E-state index contributed by atoms with van der Waals surface area (Å²) in [4.78, 5) is 29.8. The molecular weight excluding hydrogens is 496 g/mol. The average Bonchev–Trinajstić information content (AvgIpc) is 3.59. The quantitative estimate of drug-likeness (QED) is 0.426. The second kappa shape index (κ2) is 12.1. The molecule has 1 saturated carbocycles. The molecular formula is C26H31ClN6O4. The van der Waals surface area contributed by atoms with Crippen LogP contribution in [0.1, 0.15) is 39.0 Å². The van der Waals surface area contributed by atoms with Gasteiger partial charge in [-0.2, -0.15) is 4.80 Å². The first-order valence-corrected chi connectivity index (χ1v) is 12.7. The van der Waals surface area contributed by atoms with E-state index in [0.29, 0.717) is 34.5 Å². The lowest BCUT2D eigenvalue weighted by molar-refractivity contribution is -0.127. The number of aromatic nitrogens is 4. The SMILES string of the molecule is CC[C@H](C(=O)NC1CCCC1)N(C(=O)Cn1nnc(-c2ccc(Cl)cc2)n1)c1ccc(OC)c(OC)c1. The lowest BCUT2D eigenvalue weighted by atomic mass is 10.1. The van der Waals surface area contributed by atoms with Gasteiger partial charge in [-0.15, -0.1) is 10.2 Å². The van der Waals surface area contributed by atoms with E-state index in [9.17, 15) is 9.59 Å². The molecule has 11 heteroatoms. The lowest BCUT2D eigenvalue weighted by Gasteiger charge is -2.31. The number of carbonyl (C=O) groups is 2. The Hall–Kier alpha value is -3.66. The van der Waals surface area contributed by atoms with Crippen LogP contribution in [0.15, 0.2) is 42.5 Å². The maximum absolute atomic E-state index is 13.7. The molecule has 1 N–H and O–H groups in total. The summed E-state index contributed by atoms with van der Waals surface area (Å²) in [7, 11) is 3.06. The van der Waals surface area contributed by atoms with Crippen molar-refractivity contribution in [3.8, 4) is 22.9 Å². The molecule has 2 amide bonds. The van der Waals surface area contributed by atoms with Gasteiger partial charge < -0.3 is 14.8 Å². The summed E-state index contributed by atoms with van der Waals surface area (Å²) in [5, 5.41) is 16.2. The Morgan fingerprint density at radius 2 is 1.81 bits per heavy atom. The fraction of sp³-hybridized carbons (Fsp3) is 0.423. The molecule has 0 unspecified atom stereocenters. The van der Waals surface area contributed by atoms with Gasteiger partial charge in [0.15, 0.2) is 11.5 Å². The number of anilines is 1. The first-order chi connectivity index (χ1) is 17.9. The maximum Gasteiger partial charge on any atom is 0.251 e. The molecule has 0 saturated heterocycles. The zero-order valence-electron chi connectivity index (χ0n) is 21.2. The summed E-state index contributed by atoms with van der Waals surface area (Å²) < 4.78 is 10.8. The minimum absolute atomic E-state index is 0.128. The van der Waals surface area contributed by atoms with Gasteiger partial charge in [-0.05, 0) is 60.9 Å². The van der Waals surface area contributed by atoms with Gasteiger partial charge in [0.25, 0.3) is 5.91 Å². The fourth-order valence-corrected chi connectivity index (χ4v) is 4.67. The van der Waals surface area contributed by atoms with Crippen molar-refractivity contribution >= 4 is 29.1 Å². The molecule has 1 aromatic heterocycles. The van der Waals surface area contributed by atoms with Crippen LogP contribution in [0.4, 0.5) is 5.69 Å². The van der Waals surface area contributed by atoms with E-state index in [4.69, 9.17) is 21.1 Å². The van der Waals surface area contributed by atoms with E-state index < -0.39 is 6.04 Å². The van der Waals surface area contributed by atoms with Gasteiger partial charge in [0.05, 0.1) is 14.2 Å². The minimum Gasteiger partial charge on any atom is -0.493 e. The molecule has 0 spiro atoms. The van der Waals surface area contributed by atoms with Crippen LogP contribution >= 0.6 is 11.6 Å². The summed E-state index contributed by atoms with van der Waals surface area (Å²) in [6.45, 7) is 1.68. The Morgan fingerprint density at radius 1 is 1.11 bits per heavy atom. The van der Waals surface area contributed by atoms with Gasteiger partial charge >= 0.3 is 0 Å². The third-order valence-electron chi connectivity index (χ3n) is 6.45. The van der Waals surface area contributed by atoms with Crippen LogP contribution in [-0.4, -0.2) is 58.3 Å². The van der Waals surface area contributed by atoms with Gasteiger partial charge in [-0.3, -0.25) is 14.5 Å². The van der Waals surface area contributed by atoms with Crippen LogP contribution in [-0.2, 0) is 16.1 Å². The van der Waals surface area contributed by atoms with E-state index in [1.165, 1.54) is 16.8 Å². The second-order valence-corrected chi connectivity index (χ2v) is 9.30. The molecule has 1 atom stereocenters.